The summed E-state index contributed by atoms with van der Waals surface area (Å²) in [6, 6.07) is 8.25. The summed E-state index contributed by atoms with van der Waals surface area (Å²) in [6.07, 6.45) is 11.9. The number of pyridine rings is 1. The van der Waals surface area contributed by atoms with Crippen molar-refractivity contribution in [2.24, 2.45) is 0 Å². The maximum absolute atomic E-state index is 6.33. The van der Waals surface area contributed by atoms with E-state index in [1.165, 1.54) is 31.4 Å². The molecule has 0 unspecified atom stereocenters. The van der Waals surface area contributed by atoms with E-state index in [0.29, 0.717) is 5.88 Å². The van der Waals surface area contributed by atoms with Gasteiger partial charge in [0.1, 0.15) is 0 Å². The average Bonchev–Trinajstić information content (AvgIpc) is 3.19. The molecule has 6 nitrogen and oxygen atoms in total. The highest BCUT2D eigenvalue weighted by Crippen LogP contribution is 2.49. The number of ether oxygens (including phenoxy) is 2. The van der Waals surface area contributed by atoms with Crippen LogP contribution in [0.5, 0.6) is 5.88 Å². The Bertz CT molecular complexity index is 764. The second kappa shape index (κ2) is 8.53. The Morgan fingerprint density at radius 1 is 1.21 bits per heavy atom. The highest BCUT2D eigenvalue weighted by atomic mass is 16.5. The molecule has 2 aliphatic rings. The Kier molecular flexibility index (Phi) is 5.87. The van der Waals surface area contributed by atoms with Crippen molar-refractivity contribution >= 4 is 0 Å². The topological polar surface area (TPSA) is 69.2 Å². The zero-order valence-corrected chi connectivity index (χ0v) is 16.7. The molecule has 0 aromatic carbocycles. The summed E-state index contributed by atoms with van der Waals surface area (Å²) in [4.78, 5) is 4.77. The van der Waals surface area contributed by atoms with Gasteiger partial charge in [-0.15, -0.1) is 5.10 Å². The fourth-order valence-electron chi connectivity index (χ4n) is 4.94. The van der Waals surface area contributed by atoms with Gasteiger partial charge in [-0.25, -0.2) is 0 Å². The van der Waals surface area contributed by atoms with Gasteiger partial charge in [-0.05, 0) is 56.3 Å². The summed E-state index contributed by atoms with van der Waals surface area (Å²) in [5.74, 6) is 0.553. The van der Waals surface area contributed by atoms with E-state index in [4.69, 9.17) is 14.5 Å². The van der Waals surface area contributed by atoms with Crippen molar-refractivity contribution in [1.82, 2.24) is 20.5 Å². The van der Waals surface area contributed by atoms with E-state index in [1.807, 2.05) is 18.3 Å². The van der Waals surface area contributed by atoms with E-state index >= 15 is 0 Å². The molecule has 1 saturated carbocycles. The first kappa shape index (κ1) is 19.3. The van der Waals surface area contributed by atoms with Gasteiger partial charge in [-0.1, -0.05) is 18.9 Å². The monoisotopic (exact) mass is 382 g/mol. The first-order valence-electron chi connectivity index (χ1n) is 10.4. The van der Waals surface area contributed by atoms with Crippen LogP contribution in [0.2, 0.25) is 0 Å². The number of nitrogens with one attached hydrogen (secondary N) is 1. The zero-order chi connectivity index (χ0) is 19.3. The van der Waals surface area contributed by atoms with Crippen molar-refractivity contribution in [2.75, 3.05) is 20.3 Å². The van der Waals surface area contributed by atoms with E-state index in [-0.39, 0.29) is 11.0 Å². The molecule has 150 valence electrons. The third-order valence-corrected chi connectivity index (χ3v) is 6.38. The quantitative estimate of drug-likeness (QED) is 0.740. The van der Waals surface area contributed by atoms with E-state index in [2.05, 4.69) is 27.6 Å². The Morgan fingerprint density at radius 2 is 2.11 bits per heavy atom. The van der Waals surface area contributed by atoms with Crippen LogP contribution < -0.4 is 10.1 Å². The van der Waals surface area contributed by atoms with E-state index in [0.717, 1.165) is 44.5 Å². The largest absolute Gasteiger partial charge is 0.480 e. The van der Waals surface area contributed by atoms with Crippen LogP contribution in [0.3, 0.4) is 0 Å². The molecular formula is C22H30N4O2. The molecule has 2 aromatic heterocycles. The fourth-order valence-corrected chi connectivity index (χ4v) is 4.94. The molecule has 4 rings (SSSR count). The maximum Gasteiger partial charge on any atom is 0.233 e. The molecule has 2 fully saturated rings. The standard InChI is InChI=1S/C22H30N4O2/c1-27-20-14-18(16-25-26-20)15-23-12-9-21(19-6-2-5-11-24-19)10-13-28-22(17-21)7-3-4-8-22/h2,5-6,11,14,16,23H,3-4,7-10,12-13,15,17H2,1H3/t21-/m0/s1. The Morgan fingerprint density at radius 3 is 2.89 bits per heavy atom. The van der Waals surface area contributed by atoms with Crippen LogP contribution >= 0.6 is 0 Å². The van der Waals surface area contributed by atoms with E-state index in [1.54, 1.807) is 13.3 Å². The number of hydrogen-bond acceptors (Lipinski definition) is 6. The van der Waals surface area contributed by atoms with Gasteiger partial charge in [0.2, 0.25) is 5.88 Å². The molecule has 1 spiro atoms. The Balaban J connectivity index is 1.44. The van der Waals surface area contributed by atoms with Crippen molar-refractivity contribution < 1.29 is 9.47 Å². The lowest BCUT2D eigenvalue weighted by Crippen LogP contribution is -2.47. The minimum Gasteiger partial charge on any atom is -0.480 e. The summed E-state index contributed by atoms with van der Waals surface area (Å²) < 4.78 is 11.5. The molecule has 1 atom stereocenters. The van der Waals surface area contributed by atoms with Gasteiger partial charge >= 0.3 is 0 Å². The van der Waals surface area contributed by atoms with E-state index < -0.39 is 0 Å². The van der Waals surface area contributed by atoms with Crippen LogP contribution in [-0.2, 0) is 16.7 Å². The van der Waals surface area contributed by atoms with Gasteiger partial charge in [0.25, 0.3) is 0 Å². The second-order valence-corrected chi connectivity index (χ2v) is 8.19. The van der Waals surface area contributed by atoms with Crippen LogP contribution in [0.15, 0.2) is 36.7 Å². The number of rotatable bonds is 7. The number of hydrogen-bond donors (Lipinski definition) is 1. The van der Waals surface area contributed by atoms with Crippen LogP contribution in [0.25, 0.3) is 0 Å². The molecule has 0 bridgehead atoms. The minimum absolute atomic E-state index is 0.0676. The van der Waals surface area contributed by atoms with Crippen LogP contribution in [-0.4, -0.2) is 41.0 Å². The molecular weight excluding hydrogens is 352 g/mol. The molecule has 1 saturated heterocycles. The summed E-state index contributed by atoms with van der Waals surface area (Å²) >= 11 is 0. The van der Waals surface area contributed by atoms with Crippen LogP contribution in [0.1, 0.15) is 56.2 Å². The predicted octanol–water partition coefficient (Wildman–Crippen LogP) is 3.42. The molecule has 6 heteroatoms. The van der Waals surface area contributed by atoms with Crippen LogP contribution in [0.4, 0.5) is 0 Å². The SMILES string of the molecule is COc1cc(CNCC[C@]2(c3ccccn3)CCOC3(CCCC3)C2)cnn1. The van der Waals surface area contributed by atoms with Gasteiger partial charge in [-0.3, -0.25) is 4.98 Å². The van der Waals surface area contributed by atoms with Crippen molar-refractivity contribution in [2.45, 2.75) is 62.5 Å². The van der Waals surface area contributed by atoms with Gasteiger partial charge in [-0.2, -0.15) is 5.10 Å². The lowest BCUT2D eigenvalue weighted by atomic mass is 9.68. The highest BCUT2D eigenvalue weighted by Gasteiger charge is 2.48. The third-order valence-electron chi connectivity index (χ3n) is 6.38. The molecule has 28 heavy (non-hydrogen) atoms. The Labute approximate surface area is 167 Å². The number of aromatic nitrogens is 3. The lowest BCUT2D eigenvalue weighted by Gasteiger charge is -2.46. The van der Waals surface area contributed by atoms with Crippen LogP contribution in [0, 0.1) is 0 Å². The van der Waals surface area contributed by atoms with Gasteiger partial charge < -0.3 is 14.8 Å². The molecule has 0 radical (unpaired) electrons. The molecule has 2 aromatic rings. The smallest absolute Gasteiger partial charge is 0.233 e. The number of methoxy groups -OCH3 is 1. The summed E-state index contributed by atoms with van der Waals surface area (Å²) in [5, 5.41) is 11.5. The fraction of sp³-hybridized carbons (Fsp3) is 0.591. The highest BCUT2D eigenvalue weighted by molar-refractivity contribution is 5.21. The molecule has 3 heterocycles. The molecule has 1 aliphatic heterocycles. The lowest BCUT2D eigenvalue weighted by molar-refractivity contribution is -0.104. The Hall–Kier alpha value is -2.05. The van der Waals surface area contributed by atoms with Gasteiger partial charge in [0.05, 0.1) is 18.9 Å². The summed E-state index contributed by atoms with van der Waals surface area (Å²) in [6.45, 7) is 2.52. The van der Waals surface area contributed by atoms with Crippen molar-refractivity contribution in [3.63, 3.8) is 0 Å². The summed E-state index contributed by atoms with van der Waals surface area (Å²) in [5.41, 5.74) is 2.46. The van der Waals surface area contributed by atoms with Crippen molar-refractivity contribution in [3.05, 3.63) is 47.9 Å². The molecule has 0 amide bonds. The number of nitrogens with zero attached hydrogens (tertiary/aromatic N) is 3. The normalized spacial score (nSPS) is 23.8. The zero-order valence-electron chi connectivity index (χ0n) is 16.7. The molecule has 1 aliphatic carbocycles. The maximum atomic E-state index is 6.33. The van der Waals surface area contributed by atoms with Gasteiger partial charge in [0.15, 0.2) is 0 Å². The first-order valence-corrected chi connectivity index (χ1v) is 10.4. The second-order valence-electron chi connectivity index (χ2n) is 8.19. The summed E-state index contributed by atoms with van der Waals surface area (Å²) in [7, 11) is 1.61. The van der Waals surface area contributed by atoms with E-state index in [9.17, 15) is 0 Å². The molecule has 1 N–H and O–H groups in total. The minimum atomic E-state index is 0.0676. The predicted molar refractivity (Wildman–Crippen MR) is 107 cm³/mol. The van der Waals surface area contributed by atoms with Gasteiger partial charge in [0, 0.05) is 36.5 Å². The third kappa shape index (κ3) is 4.18. The first-order chi connectivity index (χ1) is 13.7. The van der Waals surface area contributed by atoms with Crippen molar-refractivity contribution in [1.29, 1.82) is 0 Å². The van der Waals surface area contributed by atoms with Crippen molar-refractivity contribution in [3.8, 4) is 5.88 Å². The average molecular weight is 383 g/mol.